The maximum absolute atomic E-state index is 3.67. The molecule has 0 atom stereocenters. The van der Waals surface area contributed by atoms with Crippen LogP contribution in [0.25, 0.3) is 0 Å². The summed E-state index contributed by atoms with van der Waals surface area (Å²) in [7, 11) is 0. The number of halogens is 1. The summed E-state index contributed by atoms with van der Waals surface area (Å²) in [4.78, 5) is 5.23. The molecule has 0 amide bonds. The fraction of sp³-hybridized carbons (Fsp3) is 0.250. The minimum atomic E-state index is 0.289. The Morgan fingerprint density at radius 3 is 1.78 bits per heavy atom. The molecule has 0 spiro atoms. The molecule has 0 unspecified atom stereocenters. The van der Waals surface area contributed by atoms with Crippen molar-refractivity contribution < 1.29 is 0 Å². The molecule has 0 radical (unpaired) electrons. The van der Waals surface area contributed by atoms with Crippen molar-refractivity contribution in [2.75, 3.05) is 13.1 Å². The van der Waals surface area contributed by atoms with Gasteiger partial charge in [-0.15, -0.1) is 0 Å². The fourth-order valence-corrected chi connectivity index (χ4v) is 4.43. The van der Waals surface area contributed by atoms with Crippen molar-refractivity contribution >= 4 is 15.9 Å². The molecule has 0 aromatic heterocycles. The van der Waals surface area contributed by atoms with Gasteiger partial charge in [0.25, 0.3) is 0 Å². The van der Waals surface area contributed by atoms with Crippen LogP contribution in [-0.2, 0) is 13.1 Å². The lowest BCUT2D eigenvalue weighted by molar-refractivity contribution is -0.00911. The number of rotatable bonds is 5. The molecule has 1 fully saturated rings. The van der Waals surface area contributed by atoms with Crippen LogP contribution in [0.1, 0.15) is 29.3 Å². The van der Waals surface area contributed by atoms with Crippen molar-refractivity contribution in [3.8, 4) is 0 Å². The van der Waals surface area contributed by atoms with Crippen molar-refractivity contribution in [1.29, 1.82) is 0 Å². The highest BCUT2D eigenvalue weighted by molar-refractivity contribution is 9.10. The van der Waals surface area contributed by atoms with Gasteiger partial charge in [-0.25, -0.2) is 0 Å². The lowest BCUT2D eigenvalue weighted by atomic mass is 10.0. The van der Waals surface area contributed by atoms with E-state index in [2.05, 4.69) is 111 Å². The lowest BCUT2D eigenvalue weighted by Gasteiger charge is -2.44. The summed E-state index contributed by atoms with van der Waals surface area (Å²) < 4.78 is 1.14. The topological polar surface area (TPSA) is 6.48 Å². The van der Waals surface area contributed by atoms with Crippen LogP contribution in [-0.4, -0.2) is 22.9 Å². The second-order valence-electron chi connectivity index (χ2n) is 7.19. The maximum Gasteiger partial charge on any atom is 0.0892 e. The van der Waals surface area contributed by atoms with E-state index in [0.29, 0.717) is 0 Å². The third-order valence-corrected chi connectivity index (χ3v) is 5.68. The van der Waals surface area contributed by atoms with E-state index in [-0.39, 0.29) is 6.17 Å². The van der Waals surface area contributed by atoms with E-state index < -0.39 is 0 Å². The SMILES string of the molecule is Brc1cccc(C2N(Cc3ccccc3)CCCN2Cc2ccccc2)c1. The third-order valence-electron chi connectivity index (χ3n) is 5.19. The maximum atomic E-state index is 3.67. The van der Waals surface area contributed by atoms with Gasteiger partial charge in [0.2, 0.25) is 0 Å². The van der Waals surface area contributed by atoms with E-state index >= 15 is 0 Å². The molecule has 0 bridgehead atoms. The van der Waals surface area contributed by atoms with E-state index in [4.69, 9.17) is 0 Å². The number of hydrogen-bond acceptors (Lipinski definition) is 2. The van der Waals surface area contributed by atoms with Crippen LogP contribution in [0.3, 0.4) is 0 Å². The Bertz CT molecular complexity index is 801. The van der Waals surface area contributed by atoms with Crippen molar-refractivity contribution in [2.24, 2.45) is 0 Å². The van der Waals surface area contributed by atoms with Crippen LogP contribution < -0.4 is 0 Å². The molecule has 1 heterocycles. The van der Waals surface area contributed by atoms with Crippen molar-refractivity contribution in [3.63, 3.8) is 0 Å². The average Bonchev–Trinajstić information content (AvgIpc) is 2.70. The summed E-state index contributed by atoms with van der Waals surface area (Å²) in [6, 6.07) is 30.4. The molecule has 1 aliphatic rings. The average molecular weight is 421 g/mol. The minimum absolute atomic E-state index is 0.289. The number of nitrogens with zero attached hydrogens (tertiary/aromatic N) is 2. The lowest BCUT2D eigenvalue weighted by Crippen LogP contribution is -2.46. The number of benzene rings is 3. The summed E-state index contributed by atoms with van der Waals surface area (Å²) >= 11 is 3.67. The van der Waals surface area contributed by atoms with Gasteiger partial charge in [0.1, 0.15) is 0 Å². The van der Waals surface area contributed by atoms with Gasteiger partial charge in [-0.05, 0) is 35.2 Å². The van der Waals surface area contributed by atoms with Crippen LogP contribution in [0, 0.1) is 0 Å². The first-order valence-electron chi connectivity index (χ1n) is 9.61. The highest BCUT2D eigenvalue weighted by atomic mass is 79.9. The van der Waals surface area contributed by atoms with Crippen molar-refractivity contribution in [3.05, 3.63) is 106 Å². The molecule has 2 nitrogen and oxygen atoms in total. The first kappa shape index (κ1) is 18.4. The summed E-state index contributed by atoms with van der Waals surface area (Å²) in [5.74, 6) is 0. The molecule has 0 aliphatic carbocycles. The molecule has 1 aliphatic heterocycles. The fourth-order valence-electron chi connectivity index (χ4n) is 4.01. The van der Waals surface area contributed by atoms with Gasteiger partial charge >= 0.3 is 0 Å². The molecule has 27 heavy (non-hydrogen) atoms. The standard InChI is InChI=1S/C24H25BrN2/c25-23-14-7-13-22(17-23)24-26(18-20-9-3-1-4-10-20)15-8-16-27(24)19-21-11-5-2-6-12-21/h1-7,9-14,17,24H,8,15-16,18-19H2. The van der Waals surface area contributed by atoms with Crippen molar-refractivity contribution in [1.82, 2.24) is 9.80 Å². The van der Waals surface area contributed by atoms with Gasteiger partial charge in [-0.2, -0.15) is 0 Å². The molecule has 0 N–H and O–H groups in total. The van der Waals surface area contributed by atoms with Gasteiger partial charge in [-0.1, -0.05) is 88.7 Å². The highest BCUT2D eigenvalue weighted by Crippen LogP contribution is 2.33. The molecule has 3 heteroatoms. The molecule has 3 aromatic rings. The second-order valence-corrected chi connectivity index (χ2v) is 8.11. The predicted octanol–water partition coefficient (Wildman–Crippen LogP) is 5.86. The number of hydrogen-bond donors (Lipinski definition) is 0. The third kappa shape index (κ3) is 4.67. The van der Waals surface area contributed by atoms with Crippen molar-refractivity contribution in [2.45, 2.75) is 25.7 Å². The molecule has 0 saturated carbocycles. The minimum Gasteiger partial charge on any atom is -0.280 e. The van der Waals surface area contributed by atoms with Crippen LogP contribution in [0.2, 0.25) is 0 Å². The Balaban J connectivity index is 1.64. The monoisotopic (exact) mass is 420 g/mol. The van der Waals surface area contributed by atoms with Gasteiger partial charge in [0.05, 0.1) is 6.17 Å². The predicted molar refractivity (Wildman–Crippen MR) is 115 cm³/mol. The molecule has 1 saturated heterocycles. The van der Waals surface area contributed by atoms with Gasteiger partial charge in [0, 0.05) is 30.7 Å². The van der Waals surface area contributed by atoms with E-state index in [1.165, 1.54) is 23.1 Å². The zero-order valence-corrected chi connectivity index (χ0v) is 17.1. The van der Waals surface area contributed by atoms with Crippen LogP contribution in [0.15, 0.2) is 89.4 Å². The van der Waals surface area contributed by atoms with Crippen LogP contribution >= 0.6 is 15.9 Å². The van der Waals surface area contributed by atoms with Crippen LogP contribution in [0.5, 0.6) is 0 Å². The van der Waals surface area contributed by atoms with Gasteiger partial charge in [-0.3, -0.25) is 9.80 Å². The summed E-state index contributed by atoms with van der Waals surface area (Å²) in [5, 5.41) is 0. The zero-order valence-electron chi connectivity index (χ0n) is 15.5. The molecular weight excluding hydrogens is 396 g/mol. The van der Waals surface area contributed by atoms with Gasteiger partial charge in [0.15, 0.2) is 0 Å². The first-order valence-corrected chi connectivity index (χ1v) is 10.4. The van der Waals surface area contributed by atoms with E-state index in [1.54, 1.807) is 0 Å². The molecule has 4 rings (SSSR count). The molecule has 3 aromatic carbocycles. The molecular formula is C24H25BrN2. The normalized spacial score (nSPS) is 16.5. The van der Waals surface area contributed by atoms with Gasteiger partial charge < -0.3 is 0 Å². The Hall–Kier alpha value is -1.94. The quantitative estimate of drug-likeness (QED) is 0.510. The summed E-state index contributed by atoms with van der Waals surface area (Å²) in [6.45, 7) is 4.20. The zero-order chi connectivity index (χ0) is 18.5. The molecule has 138 valence electrons. The Kier molecular flexibility index (Phi) is 6.03. The Labute approximate surface area is 170 Å². The van der Waals surface area contributed by atoms with E-state index in [0.717, 1.165) is 30.7 Å². The Morgan fingerprint density at radius 2 is 1.26 bits per heavy atom. The largest absolute Gasteiger partial charge is 0.280 e. The smallest absolute Gasteiger partial charge is 0.0892 e. The van der Waals surface area contributed by atoms with Crippen LogP contribution in [0.4, 0.5) is 0 Å². The van der Waals surface area contributed by atoms with E-state index in [9.17, 15) is 0 Å². The highest BCUT2D eigenvalue weighted by Gasteiger charge is 2.30. The summed E-state index contributed by atoms with van der Waals surface area (Å²) in [5.41, 5.74) is 4.11. The second kappa shape index (κ2) is 8.83. The van der Waals surface area contributed by atoms with E-state index in [1.807, 2.05) is 0 Å². The first-order chi connectivity index (χ1) is 13.3. The summed E-state index contributed by atoms with van der Waals surface area (Å²) in [6.07, 6.45) is 1.49. The Morgan fingerprint density at radius 1 is 0.704 bits per heavy atom.